The van der Waals surface area contributed by atoms with E-state index in [1.54, 1.807) is 0 Å². The van der Waals surface area contributed by atoms with Gasteiger partial charge in [0.1, 0.15) is 0 Å². The molecule has 0 N–H and O–H groups in total. The lowest BCUT2D eigenvalue weighted by molar-refractivity contribution is -0.692. The van der Waals surface area contributed by atoms with Gasteiger partial charge in [0.15, 0.2) is 5.92 Å². The Hall–Kier alpha value is -0.660. The van der Waals surface area contributed by atoms with Crippen molar-refractivity contribution in [1.82, 2.24) is 0 Å². The molecule has 0 radical (unpaired) electrons. The first-order chi connectivity index (χ1) is 10.4. The lowest BCUT2D eigenvalue weighted by Crippen LogP contribution is -2.49. The van der Waals surface area contributed by atoms with Crippen LogP contribution in [0.5, 0.6) is 0 Å². The predicted octanol–water partition coefficient (Wildman–Crippen LogP) is 2.93. The van der Waals surface area contributed by atoms with E-state index < -0.39 is 17.9 Å². The molecule has 0 aliphatic rings. The molecule has 0 bridgehead atoms. The molecule has 0 amide bonds. The summed E-state index contributed by atoms with van der Waals surface area (Å²) in [6.07, 6.45) is 4.26. The average molecular weight is 351 g/mol. The Balaban J connectivity index is 5.03. The summed E-state index contributed by atoms with van der Waals surface area (Å²) in [6.45, 7) is 5.48. The second-order valence-electron chi connectivity index (χ2n) is 5.22. The number of nitrogens with zero attached hydrogens (tertiary/aromatic N) is 1. The molecule has 2 unspecified atom stereocenters. The van der Waals surface area contributed by atoms with Crippen LogP contribution < -0.4 is 0 Å². The number of thiocarbonyl (C=S) groups is 1. The summed E-state index contributed by atoms with van der Waals surface area (Å²) in [5.74, 6) is -1.82. The van der Waals surface area contributed by atoms with Crippen LogP contribution in [0.4, 0.5) is 0 Å². The van der Waals surface area contributed by atoms with Gasteiger partial charge in [-0.2, -0.15) is 0 Å². The Morgan fingerprint density at radius 3 is 2.23 bits per heavy atom. The van der Waals surface area contributed by atoms with Gasteiger partial charge in [-0.25, -0.2) is 3.89 Å². The summed E-state index contributed by atoms with van der Waals surface area (Å²) in [5.41, 5.74) is 0. The van der Waals surface area contributed by atoms with Gasteiger partial charge >= 0.3 is 11.9 Å². The standard InChI is InChI=1S/C15H28NO4S2/c1-5-7-8-9-10-16(22,6-2)14(21)12(15(18)20-4)11-13(17)19-3/h12,22H,5-11H2,1-4H3/q+1. The predicted molar refractivity (Wildman–Crippen MR) is 93.5 cm³/mol. The highest BCUT2D eigenvalue weighted by Crippen LogP contribution is 2.24. The maximum Gasteiger partial charge on any atom is 0.320 e. The van der Waals surface area contributed by atoms with Gasteiger partial charge in [0, 0.05) is 0 Å². The summed E-state index contributed by atoms with van der Waals surface area (Å²) in [5, 5.41) is 0. The fourth-order valence-corrected chi connectivity index (χ4v) is 2.86. The van der Waals surface area contributed by atoms with Crippen LogP contribution in [0, 0.1) is 5.92 Å². The van der Waals surface area contributed by atoms with Crippen molar-refractivity contribution in [1.29, 1.82) is 0 Å². The number of rotatable bonds is 10. The Labute approximate surface area is 144 Å². The van der Waals surface area contributed by atoms with Gasteiger partial charge in [-0.15, -0.1) is 0 Å². The third kappa shape index (κ3) is 6.62. The first kappa shape index (κ1) is 21.3. The molecule has 0 heterocycles. The Bertz CT molecular complexity index is 390. The van der Waals surface area contributed by atoms with E-state index in [0.717, 1.165) is 32.2 Å². The highest BCUT2D eigenvalue weighted by molar-refractivity contribution is 7.82. The summed E-state index contributed by atoms with van der Waals surface area (Å²) in [4.78, 5) is 23.9. The van der Waals surface area contributed by atoms with Gasteiger partial charge in [0.2, 0.25) is 4.99 Å². The van der Waals surface area contributed by atoms with E-state index in [0.29, 0.717) is 11.5 Å². The van der Waals surface area contributed by atoms with Crippen molar-refractivity contribution in [3.63, 3.8) is 0 Å². The number of ether oxygens (including phenoxy) is 2. The number of hydrogen-bond donors (Lipinski definition) is 1. The fraction of sp³-hybridized carbons (Fsp3) is 0.800. The molecule has 0 aliphatic heterocycles. The Morgan fingerprint density at radius 1 is 1.14 bits per heavy atom. The summed E-state index contributed by atoms with van der Waals surface area (Å²) in [6, 6.07) is 0. The van der Waals surface area contributed by atoms with Crippen LogP contribution in [0.2, 0.25) is 0 Å². The lowest BCUT2D eigenvalue weighted by atomic mass is 10.0. The van der Waals surface area contributed by atoms with Crippen LogP contribution >= 0.6 is 25.0 Å². The molecule has 5 nitrogen and oxygen atoms in total. The van der Waals surface area contributed by atoms with E-state index in [-0.39, 0.29) is 10.3 Å². The minimum Gasteiger partial charge on any atom is -0.469 e. The normalized spacial score (nSPS) is 14.8. The van der Waals surface area contributed by atoms with E-state index >= 15 is 0 Å². The number of hydrogen-bond acceptors (Lipinski definition) is 6. The maximum atomic E-state index is 12.0. The number of thiol groups is 1. The first-order valence-corrected chi connectivity index (χ1v) is 8.45. The van der Waals surface area contributed by atoms with Crippen molar-refractivity contribution in [3.8, 4) is 0 Å². The number of carbonyl (C=O) groups is 2. The summed E-state index contributed by atoms with van der Waals surface area (Å²) < 4.78 is 9.62. The number of esters is 2. The molecule has 22 heavy (non-hydrogen) atoms. The second kappa shape index (κ2) is 11.0. The average Bonchev–Trinajstić information content (AvgIpc) is 2.54. The quantitative estimate of drug-likeness (QED) is 0.216. The second-order valence-corrected chi connectivity index (χ2v) is 6.40. The summed E-state index contributed by atoms with van der Waals surface area (Å²) >= 11 is 10.2. The minimum atomic E-state index is -0.809. The van der Waals surface area contributed by atoms with E-state index in [2.05, 4.69) is 24.5 Å². The van der Waals surface area contributed by atoms with Gasteiger partial charge in [-0.05, 0) is 32.0 Å². The van der Waals surface area contributed by atoms with Gasteiger partial charge in [-0.3, -0.25) is 9.59 Å². The molecular formula is C15H28NO4S2+. The van der Waals surface area contributed by atoms with Crippen molar-refractivity contribution >= 4 is 42.0 Å². The van der Waals surface area contributed by atoms with Gasteiger partial charge < -0.3 is 9.47 Å². The molecule has 0 saturated heterocycles. The molecule has 0 aromatic heterocycles. The van der Waals surface area contributed by atoms with E-state index in [1.165, 1.54) is 14.2 Å². The summed E-state index contributed by atoms with van der Waals surface area (Å²) in [7, 11) is 2.57. The molecule has 0 fully saturated rings. The number of methoxy groups -OCH3 is 2. The van der Waals surface area contributed by atoms with Crippen LogP contribution in [0.1, 0.15) is 46.0 Å². The smallest absolute Gasteiger partial charge is 0.320 e. The molecule has 0 saturated carbocycles. The molecule has 0 aromatic rings. The van der Waals surface area contributed by atoms with E-state index in [4.69, 9.17) is 17.0 Å². The fourth-order valence-electron chi connectivity index (χ4n) is 2.18. The Morgan fingerprint density at radius 2 is 1.77 bits per heavy atom. The highest BCUT2D eigenvalue weighted by atomic mass is 32.1. The maximum absolute atomic E-state index is 12.0. The highest BCUT2D eigenvalue weighted by Gasteiger charge is 2.40. The number of quaternary nitrogens is 1. The molecule has 128 valence electrons. The number of unbranched alkanes of at least 4 members (excludes halogenated alkanes) is 3. The van der Waals surface area contributed by atoms with Crippen LogP contribution in [0.25, 0.3) is 0 Å². The van der Waals surface area contributed by atoms with Crippen LogP contribution in [-0.4, -0.2) is 48.1 Å². The largest absolute Gasteiger partial charge is 0.469 e. The lowest BCUT2D eigenvalue weighted by Gasteiger charge is -2.33. The first-order valence-electron chi connectivity index (χ1n) is 7.65. The van der Waals surface area contributed by atoms with Gasteiger partial charge in [0.05, 0.1) is 46.5 Å². The molecule has 0 rings (SSSR count). The zero-order valence-corrected chi connectivity index (χ0v) is 15.7. The third-order valence-corrected chi connectivity index (χ3v) is 5.16. The van der Waals surface area contributed by atoms with Crippen molar-refractivity contribution in [2.45, 2.75) is 46.0 Å². The number of carbonyl (C=O) groups excluding carboxylic acids is 2. The molecular weight excluding hydrogens is 322 g/mol. The van der Waals surface area contributed by atoms with Crippen LogP contribution in [0.3, 0.4) is 0 Å². The SMILES string of the molecule is CCCCCC[N+](S)(CC)C(=S)C(CC(=O)OC)C(=O)OC. The van der Waals surface area contributed by atoms with E-state index in [9.17, 15) is 9.59 Å². The molecule has 0 aliphatic carbocycles. The van der Waals surface area contributed by atoms with Crippen LogP contribution in [0.15, 0.2) is 0 Å². The minimum absolute atomic E-state index is 0.114. The zero-order valence-electron chi connectivity index (χ0n) is 14.0. The van der Waals surface area contributed by atoms with Gasteiger partial charge in [0.25, 0.3) is 0 Å². The molecule has 0 aromatic carbocycles. The zero-order chi connectivity index (χ0) is 17.2. The van der Waals surface area contributed by atoms with Crippen molar-refractivity contribution < 1.29 is 23.0 Å². The Kier molecular flexibility index (Phi) is 10.6. The van der Waals surface area contributed by atoms with Crippen LogP contribution in [-0.2, 0) is 19.1 Å². The monoisotopic (exact) mass is 350 g/mol. The van der Waals surface area contributed by atoms with Crippen molar-refractivity contribution in [2.24, 2.45) is 5.92 Å². The molecule has 2 atom stereocenters. The van der Waals surface area contributed by atoms with Crippen molar-refractivity contribution in [2.75, 3.05) is 27.3 Å². The van der Waals surface area contributed by atoms with Gasteiger partial charge in [-0.1, -0.05) is 19.8 Å². The topological polar surface area (TPSA) is 52.6 Å². The molecule has 0 spiro atoms. The van der Waals surface area contributed by atoms with Crippen molar-refractivity contribution in [3.05, 3.63) is 0 Å². The van der Waals surface area contributed by atoms with E-state index in [1.807, 2.05) is 6.92 Å². The third-order valence-electron chi connectivity index (χ3n) is 3.70. The molecule has 7 heteroatoms.